The summed E-state index contributed by atoms with van der Waals surface area (Å²) in [6.45, 7) is 9.88. The zero-order valence-electron chi connectivity index (χ0n) is 16.5. The molecule has 0 aliphatic heterocycles. The topological polar surface area (TPSA) is 17.1 Å². The maximum atomic E-state index is 13.2. The monoisotopic (exact) mass is 394 g/mol. The highest BCUT2D eigenvalue weighted by Crippen LogP contribution is 2.34. The number of benzene rings is 3. The van der Waals surface area contributed by atoms with Crippen molar-refractivity contribution in [1.29, 1.82) is 0 Å². The van der Waals surface area contributed by atoms with Crippen LogP contribution in [0.4, 0.5) is 13.2 Å². The lowest BCUT2D eigenvalue weighted by molar-refractivity contribution is -0.137. The van der Waals surface area contributed by atoms with Crippen LogP contribution in [0.5, 0.6) is 0 Å². The van der Waals surface area contributed by atoms with Crippen molar-refractivity contribution in [2.45, 2.75) is 26.9 Å². The minimum absolute atomic E-state index is 0.161. The summed E-state index contributed by atoms with van der Waals surface area (Å²) in [6, 6.07) is 15.9. The Morgan fingerprint density at radius 3 is 1.97 bits per heavy atom. The van der Waals surface area contributed by atoms with Crippen LogP contribution in [-0.4, -0.2) is 5.78 Å². The first kappa shape index (κ1) is 20.6. The van der Waals surface area contributed by atoms with Gasteiger partial charge >= 0.3 is 6.18 Å². The van der Waals surface area contributed by atoms with Gasteiger partial charge < -0.3 is 0 Å². The second-order valence-electron chi connectivity index (χ2n) is 7.20. The fraction of sp³-hybridized carbons (Fsp3) is 0.160. The van der Waals surface area contributed by atoms with E-state index in [-0.39, 0.29) is 11.4 Å². The van der Waals surface area contributed by atoms with E-state index in [9.17, 15) is 18.0 Å². The summed E-state index contributed by atoms with van der Waals surface area (Å²) < 4.78 is 38.4. The lowest BCUT2D eigenvalue weighted by atomic mass is 9.87. The Morgan fingerprint density at radius 2 is 1.41 bits per heavy atom. The molecule has 0 N–H and O–H groups in total. The third-order valence-corrected chi connectivity index (χ3v) is 4.95. The predicted octanol–water partition coefficient (Wildman–Crippen LogP) is 7.19. The first-order valence-corrected chi connectivity index (χ1v) is 9.18. The third-order valence-electron chi connectivity index (χ3n) is 4.95. The van der Waals surface area contributed by atoms with E-state index >= 15 is 0 Å². The molecule has 0 saturated heterocycles. The minimum atomic E-state index is -4.42. The number of aryl methyl sites for hydroxylation is 3. The van der Waals surface area contributed by atoms with Crippen LogP contribution in [-0.2, 0) is 6.18 Å². The summed E-state index contributed by atoms with van der Waals surface area (Å²) in [6.07, 6.45) is -4.42. The van der Waals surface area contributed by atoms with Crippen LogP contribution in [0.2, 0.25) is 0 Å². The molecule has 0 saturated carbocycles. The van der Waals surface area contributed by atoms with Crippen molar-refractivity contribution >= 4 is 11.4 Å². The molecule has 0 heterocycles. The summed E-state index contributed by atoms with van der Waals surface area (Å²) in [5.41, 5.74) is 5.29. The van der Waals surface area contributed by atoms with Crippen LogP contribution in [0.15, 0.2) is 67.2 Å². The third kappa shape index (κ3) is 4.16. The fourth-order valence-corrected chi connectivity index (χ4v) is 3.66. The molecule has 0 aliphatic rings. The zero-order chi connectivity index (χ0) is 21.3. The maximum Gasteiger partial charge on any atom is 0.416 e. The summed E-state index contributed by atoms with van der Waals surface area (Å²) in [5, 5.41) is 0. The highest BCUT2D eigenvalue weighted by molar-refractivity contribution is 6.30. The predicted molar refractivity (Wildman–Crippen MR) is 111 cm³/mol. The van der Waals surface area contributed by atoms with E-state index in [1.54, 1.807) is 12.1 Å². The Balaban J connectivity index is 2.02. The first-order valence-electron chi connectivity index (χ1n) is 9.18. The molecule has 3 aromatic carbocycles. The van der Waals surface area contributed by atoms with Crippen LogP contribution in [0, 0.1) is 20.8 Å². The van der Waals surface area contributed by atoms with Crippen LogP contribution in [0.1, 0.15) is 38.2 Å². The molecule has 0 fully saturated rings. The molecule has 148 valence electrons. The van der Waals surface area contributed by atoms with Gasteiger partial charge in [0, 0.05) is 11.1 Å². The van der Waals surface area contributed by atoms with E-state index in [1.165, 1.54) is 12.1 Å². The Kier molecular flexibility index (Phi) is 5.47. The van der Waals surface area contributed by atoms with Crippen molar-refractivity contribution in [3.8, 4) is 11.1 Å². The number of Topliss-reactive ketones (excluding diaryl/α,β-unsaturated/α-hetero) is 1. The quantitative estimate of drug-likeness (QED) is 0.338. The molecule has 0 unspecified atom stereocenters. The van der Waals surface area contributed by atoms with Gasteiger partial charge in [-0.25, -0.2) is 0 Å². The molecule has 0 spiro atoms. The first-order chi connectivity index (χ1) is 13.6. The Morgan fingerprint density at radius 1 is 0.862 bits per heavy atom. The molecular formula is C25H21F3O. The molecular weight excluding hydrogens is 373 g/mol. The van der Waals surface area contributed by atoms with Crippen LogP contribution >= 0.6 is 0 Å². The highest BCUT2D eigenvalue weighted by Gasteiger charge is 2.30. The molecule has 0 amide bonds. The Labute approximate surface area is 168 Å². The number of ketones is 1. The number of rotatable bonds is 4. The normalized spacial score (nSPS) is 11.4. The number of hydrogen-bond acceptors (Lipinski definition) is 1. The molecule has 0 aliphatic carbocycles. The molecule has 0 atom stereocenters. The number of alkyl halides is 3. The van der Waals surface area contributed by atoms with Gasteiger partial charge in [-0.2, -0.15) is 13.2 Å². The highest BCUT2D eigenvalue weighted by atomic mass is 19.4. The molecule has 29 heavy (non-hydrogen) atoms. The molecule has 1 nitrogen and oxygen atoms in total. The average Bonchev–Trinajstić information content (AvgIpc) is 2.66. The summed E-state index contributed by atoms with van der Waals surface area (Å²) in [7, 11) is 0. The van der Waals surface area contributed by atoms with Crippen molar-refractivity contribution in [2.24, 2.45) is 0 Å². The average molecular weight is 394 g/mol. The second-order valence-corrected chi connectivity index (χ2v) is 7.20. The van der Waals surface area contributed by atoms with Gasteiger partial charge in [0.05, 0.1) is 5.56 Å². The lowest BCUT2D eigenvalue weighted by Crippen LogP contribution is -2.07. The lowest BCUT2D eigenvalue weighted by Gasteiger charge is -2.16. The molecule has 4 heteroatoms. The standard InChI is InChI=1S/C25H21F3O/c1-15-13-16(2)23(17(3)14-15)21-7-5-6-8-22(21)24(29)18(4)19-9-11-20(12-10-19)25(26,27)28/h5-14H,4H2,1-3H3. The van der Waals surface area contributed by atoms with Crippen molar-refractivity contribution in [2.75, 3.05) is 0 Å². The van der Waals surface area contributed by atoms with Gasteiger partial charge in [-0.1, -0.05) is 60.7 Å². The van der Waals surface area contributed by atoms with E-state index in [0.29, 0.717) is 11.1 Å². The van der Waals surface area contributed by atoms with E-state index in [4.69, 9.17) is 0 Å². The summed E-state index contributed by atoms with van der Waals surface area (Å²) in [5.74, 6) is -0.306. The van der Waals surface area contributed by atoms with Crippen LogP contribution in [0.25, 0.3) is 16.7 Å². The van der Waals surface area contributed by atoms with E-state index < -0.39 is 11.7 Å². The van der Waals surface area contributed by atoms with Gasteiger partial charge in [-0.15, -0.1) is 0 Å². The molecule has 0 radical (unpaired) electrons. The number of allylic oxidation sites excluding steroid dienone is 1. The van der Waals surface area contributed by atoms with E-state index in [2.05, 4.69) is 18.7 Å². The van der Waals surface area contributed by atoms with Crippen LogP contribution < -0.4 is 0 Å². The fourth-order valence-electron chi connectivity index (χ4n) is 3.66. The molecule has 3 aromatic rings. The van der Waals surface area contributed by atoms with Crippen molar-refractivity contribution in [1.82, 2.24) is 0 Å². The van der Waals surface area contributed by atoms with Gasteiger partial charge in [0.1, 0.15) is 0 Å². The van der Waals surface area contributed by atoms with Gasteiger partial charge in [0.25, 0.3) is 0 Å². The van der Waals surface area contributed by atoms with Crippen molar-refractivity contribution in [3.63, 3.8) is 0 Å². The maximum absolute atomic E-state index is 13.2. The Hall–Kier alpha value is -3.14. The van der Waals surface area contributed by atoms with Crippen molar-refractivity contribution < 1.29 is 18.0 Å². The molecule has 3 rings (SSSR count). The number of carbonyl (C=O) groups is 1. The number of halogens is 3. The largest absolute Gasteiger partial charge is 0.416 e. The van der Waals surface area contributed by atoms with E-state index in [0.717, 1.165) is 39.9 Å². The van der Waals surface area contributed by atoms with Gasteiger partial charge in [-0.3, -0.25) is 4.79 Å². The van der Waals surface area contributed by atoms with Gasteiger partial charge in [0.15, 0.2) is 5.78 Å². The minimum Gasteiger partial charge on any atom is -0.289 e. The molecule has 0 bridgehead atoms. The van der Waals surface area contributed by atoms with Crippen LogP contribution in [0.3, 0.4) is 0 Å². The van der Waals surface area contributed by atoms with Gasteiger partial charge in [-0.05, 0) is 60.7 Å². The smallest absolute Gasteiger partial charge is 0.289 e. The second kappa shape index (κ2) is 7.70. The zero-order valence-corrected chi connectivity index (χ0v) is 16.5. The SMILES string of the molecule is C=C(C(=O)c1ccccc1-c1c(C)cc(C)cc1C)c1ccc(C(F)(F)F)cc1. The summed E-state index contributed by atoms with van der Waals surface area (Å²) >= 11 is 0. The number of hydrogen-bond donors (Lipinski definition) is 0. The van der Waals surface area contributed by atoms with Crippen molar-refractivity contribution in [3.05, 3.63) is 101 Å². The number of carbonyl (C=O) groups excluding carboxylic acids is 1. The van der Waals surface area contributed by atoms with Gasteiger partial charge in [0.2, 0.25) is 0 Å². The molecule has 0 aromatic heterocycles. The summed E-state index contributed by atoms with van der Waals surface area (Å²) in [4.78, 5) is 13.2. The Bertz CT molecular complexity index is 1070. The van der Waals surface area contributed by atoms with E-state index in [1.807, 2.05) is 32.9 Å².